The summed E-state index contributed by atoms with van der Waals surface area (Å²) in [5.74, 6) is -0.359. The van der Waals surface area contributed by atoms with Gasteiger partial charge in [0.2, 0.25) is 10.0 Å². The number of nitrogens with one attached hydrogen (secondary N) is 2. The van der Waals surface area contributed by atoms with Gasteiger partial charge in [0.25, 0.3) is 0 Å². The molecule has 0 unspecified atom stereocenters. The zero-order valence-corrected chi connectivity index (χ0v) is 26.9. The second-order valence-corrected chi connectivity index (χ2v) is 13.9. The molecule has 1 aromatic carbocycles. The number of rotatable bonds is 15. The Kier molecular flexibility index (Phi) is 9.30. The van der Waals surface area contributed by atoms with E-state index in [1.165, 1.54) is 12.1 Å². The van der Waals surface area contributed by atoms with Crippen molar-refractivity contribution in [2.75, 3.05) is 18.4 Å². The molecule has 0 saturated heterocycles. The summed E-state index contributed by atoms with van der Waals surface area (Å²) in [7, 11) is -3.73. The lowest BCUT2D eigenvalue weighted by Crippen LogP contribution is -2.57. The lowest BCUT2D eigenvalue weighted by atomic mass is 10.1. The highest BCUT2D eigenvalue weighted by Crippen LogP contribution is 2.47. The number of hydrogen-bond donors (Lipinski definition) is 5. The van der Waals surface area contributed by atoms with Crippen molar-refractivity contribution >= 4 is 45.0 Å². The van der Waals surface area contributed by atoms with Crippen LogP contribution in [0.25, 0.3) is 0 Å². The molecule has 0 fully saturated rings. The predicted molar refractivity (Wildman–Crippen MR) is 166 cm³/mol. The largest absolute Gasteiger partial charge is 0.478 e. The number of fused-ring (bicyclic) bond motifs is 5. The maximum atomic E-state index is 11.5. The number of sulfonamides is 1. The average molecular weight is 662 g/mol. The van der Waals surface area contributed by atoms with Gasteiger partial charge < -0.3 is 20.8 Å². The minimum Gasteiger partial charge on any atom is -0.478 e. The number of anilines is 1. The van der Waals surface area contributed by atoms with E-state index >= 15 is 0 Å². The van der Waals surface area contributed by atoms with Crippen LogP contribution in [0.2, 0.25) is 0 Å². The SMILES string of the molecule is CC12n3cc[n+](CC(=O)O)c3C[N+]1(CCCCCCCCNC(=S)Nc1ccc(S(N)(=O)=O)cc1)Cc1n2cc[n+]1CC(=O)O. The van der Waals surface area contributed by atoms with Gasteiger partial charge in [0.1, 0.15) is 24.8 Å². The molecule has 5 rings (SSSR count). The molecule has 0 amide bonds. The number of aliphatic carboxylic acids is 2. The van der Waals surface area contributed by atoms with Crippen molar-refractivity contribution in [3.05, 3.63) is 60.7 Å². The van der Waals surface area contributed by atoms with E-state index in [1.807, 2.05) is 24.8 Å². The summed E-state index contributed by atoms with van der Waals surface area (Å²) in [5.41, 5.74) is 0.673. The molecule has 0 aliphatic carbocycles. The number of carboxylic acids is 2. The van der Waals surface area contributed by atoms with Crippen molar-refractivity contribution in [1.82, 2.24) is 14.5 Å². The highest BCUT2D eigenvalue weighted by molar-refractivity contribution is 7.89. The predicted octanol–water partition coefficient (Wildman–Crippen LogP) is 1.03. The van der Waals surface area contributed by atoms with Crippen LogP contribution >= 0.6 is 12.2 Å². The Bertz CT molecular complexity index is 1640. The van der Waals surface area contributed by atoms with Crippen LogP contribution in [0.5, 0.6) is 0 Å². The maximum absolute atomic E-state index is 11.5. The highest BCUT2D eigenvalue weighted by atomic mass is 32.2. The van der Waals surface area contributed by atoms with Crippen LogP contribution in [0.1, 0.15) is 57.1 Å². The quantitative estimate of drug-likeness (QED) is 0.0689. The van der Waals surface area contributed by atoms with Gasteiger partial charge in [-0.05, 0) is 55.7 Å². The van der Waals surface area contributed by atoms with Gasteiger partial charge >= 0.3 is 29.4 Å². The fourth-order valence-electron chi connectivity index (χ4n) is 6.79. The molecule has 0 radical (unpaired) electrons. The van der Waals surface area contributed by atoms with E-state index in [4.69, 9.17) is 17.4 Å². The highest BCUT2D eigenvalue weighted by Gasteiger charge is 2.71. The van der Waals surface area contributed by atoms with Gasteiger partial charge in [-0.15, -0.1) is 9.13 Å². The topological polar surface area (TPSA) is 176 Å². The molecule has 2 aliphatic rings. The number of carboxylic acid groups (broad SMARTS) is 2. The van der Waals surface area contributed by atoms with E-state index in [0.717, 1.165) is 63.3 Å². The van der Waals surface area contributed by atoms with Gasteiger partial charge in [0, 0.05) is 12.2 Å². The van der Waals surface area contributed by atoms with Crippen molar-refractivity contribution in [3.8, 4) is 0 Å². The first-order valence-corrected chi connectivity index (χ1v) is 17.0. The Morgan fingerprint density at radius 3 is 1.96 bits per heavy atom. The minimum atomic E-state index is -3.73. The zero-order chi connectivity index (χ0) is 32.4. The second-order valence-electron chi connectivity index (χ2n) is 11.9. The molecule has 0 bridgehead atoms. The Morgan fingerprint density at radius 1 is 0.933 bits per heavy atom. The maximum Gasteiger partial charge on any atom is 0.386 e. The van der Waals surface area contributed by atoms with Crippen LogP contribution in [-0.2, 0) is 51.6 Å². The normalized spacial score (nSPS) is 20.0. The van der Waals surface area contributed by atoms with Gasteiger partial charge in [0.05, 0.1) is 18.4 Å². The van der Waals surface area contributed by atoms with E-state index in [9.17, 15) is 28.2 Å². The van der Waals surface area contributed by atoms with Gasteiger partial charge in [-0.3, -0.25) is 0 Å². The molecule has 45 heavy (non-hydrogen) atoms. The number of carbonyl (C=O) groups is 2. The Morgan fingerprint density at radius 2 is 1.44 bits per heavy atom. The Balaban J connectivity index is 1.09. The number of primary sulfonamides is 1. The van der Waals surface area contributed by atoms with Gasteiger partial charge in [-0.2, -0.15) is 0 Å². The summed E-state index contributed by atoms with van der Waals surface area (Å²) in [6.07, 6.45) is 13.8. The molecule has 0 atom stereocenters. The molecule has 242 valence electrons. The summed E-state index contributed by atoms with van der Waals surface area (Å²) >= 11 is 5.34. The standard InChI is InChI=1S/C29H38N8O6S2/c1-29-35-15-13-33(18-26(38)39)24(35)20-37(29,21-25-34(19-27(40)41)14-16-36(25)29)17-7-5-3-2-4-6-12-31-28(44)32-22-8-10-23(11-9-22)45(30,42)43/h8-11,13-16H,2-7,12,17-21H2,1H3,(H3-3,30,31,32,38,39,40,41,42,43,44)/p+3. The number of unbranched alkanes of at least 4 members (excludes halogenated alkanes) is 5. The molecular weight excluding hydrogens is 621 g/mol. The number of nitrogens with zero attached hydrogens (tertiary/aromatic N) is 5. The monoisotopic (exact) mass is 661 g/mol. The number of thiocarbonyl (C=S) groups is 1. The number of hydrogen-bond acceptors (Lipinski definition) is 5. The smallest absolute Gasteiger partial charge is 0.386 e. The minimum absolute atomic E-state index is 0.0450. The molecular formula is C29H41N8O6S2+3. The molecule has 4 heterocycles. The summed E-state index contributed by atoms with van der Waals surface area (Å²) in [4.78, 5) is 23.1. The van der Waals surface area contributed by atoms with Crippen molar-refractivity contribution in [1.29, 1.82) is 0 Å². The number of quaternary nitrogens is 1. The number of imidazole rings is 2. The average Bonchev–Trinajstić information content (AvgIpc) is 3.65. The second kappa shape index (κ2) is 12.9. The molecule has 2 aliphatic heterocycles. The van der Waals surface area contributed by atoms with Crippen molar-refractivity contribution in [2.45, 2.75) is 82.3 Å². The number of benzene rings is 1. The fraction of sp³-hybridized carbons (Fsp3) is 0.483. The van der Waals surface area contributed by atoms with E-state index in [-0.39, 0.29) is 18.0 Å². The van der Waals surface area contributed by atoms with Crippen LogP contribution in [-0.4, -0.2) is 62.4 Å². The lowest BCUT2D eigenvalue weighted by molar-refractivity contribution is -1.01. The van der Waals surface area contributed by atoms with Crippen molar-refractivity contribution in [2.24, 2.45) is 5.14 Å². The number of nitrogens with two attached hydrogens (primary N) is 1. The van der Waals surface area contributed by atoms with E-state index < -0.39 is 27.7 Å². The first kappa shape index (κ1) is 32.5. The summed E-state index contributed by atoms with van der Waals surface area (Å²) < 4.78 is 31.4. The van der Waals surface area contributed by atoms with Crippen LogP contribution in [0.4, 0.5) is 5.69 Å². The molecule has 0 spiro atoms. The Labute approximate surface area is 267 Å². The first-order chi connectivity index (χ1) is 21.3. The molecule has 14 nitrogen and oxygen atoms in total. The molecule has 3 aromatic rings. The summed E-state index contributed by atoms with van der Waals surface area (Å²) in [6.45, 7) is 4.92. The first-order valence-electron chi connectivity index (χ1n) is 15.0. The summed E-state index contributed by atoms with van der Waals surface area (Å²) in [5, 5.41) is 30.7. The van der Waals surface area contributed by atoms with Crippen molar-refractivity contribution < 1.29 is 41.8 Å². The lowest BCUT2D eigenvalue weighted by Gasteiger charge is -2.35. The van der Waals surface area contributed by atoms with E-state index in [2.05, 4.69) is 26.7 Å². The molecule has 0 saturated carbocycles. The summed E-state index contributed by atoms with van der Waals surface area (Å²) in [6, 6.07) is 6.09. The van der Waals surface area contributed by atoms with Crippen LogP contribution in [0.3, 0.4) is 0 Å². The molecule has 6 N–H and O–H groups in total. The van der Waals surface area contributed by atoms with Crippen LogP contribution < -0.4 is 24.9 Å². The van der Waals surface area contributed by atoms with E-state index in [1.54, 1.807) is 21.3 Å². The van der Waals surface area contributed by atoms with Gasteiger partial charge in [-0.1, -0.05) is 19.3 Å². The zero-order valence-electron chi connectivity index (χ0n) is 25.3. The third-order valence-electron chi connectivity index (χ3n) is 9.06. The van der Waals surface area contributed by atoms with E-state index in [0.29, 0.717) is 28.4 Å². The molecule has 2 aromatic heterocycles. The third-order valence-corrected chi connectivity index (χ3v) is 10.2. The number of aromatic nitrogens is 4. The third kappa shape index (κ3) is 6.59. The van der Waals surface area contributed by atoms with Crippen LogP contribution in [0, 0.1) is 0 Å². The van der Waals surface area contributed by atoms with Gasteiger partial charge in [0.15, 0.2) is 31.3 Å². The Hall–Kier alpha value is -3.86. The van der Waals surface area contributed by atoms with Crippen molar-refractivity contribution in [3.63, 3.8) is 0 Å². The van der Waals surface area contributed by atoms with Crippen LogP contribution in [0.15, 0.2) is 53.9 Å². The van der Waals surface area contributed by atoms with Gasteiger partial charge in [-0.25, -0.2) is 36.8 Å². The fourth-order valence-corrected chi connectivity index (χ4v) is 7.53. The molecule has 16 heteroatoms.